The number of hydrogen-bond acceptors (Lipinski definition) is 7. The van der Waals surface area contributed by atoms with Gasteiger partial charge in [0.25, 0.3) is 11.5 Å². The van der Waals surface area contributed by atoms with Crippen molar-refractivity contribution in [1.29, 1.82) is 0 Å². The molecule has 7 nitrogen and oxygen atoms in total. The van der Waals surface area contributed by atoms with Gasteiger partial charge in [-0.05, 0) is 50.8 Å². The van der Waals surface area contributed by atoms with Crippen LogP contribution in [0, 0.1) is 6.92 Å². The van der Waals surface area contributed by atoms with Gasteiger partial charge in [-0.2, -0.15) is 0 Å². The van der Waals surface area contributed by atoms with Crippen LogP contribution in [-0.2, 0) is 9.53 Å². The van der Waals surface area contributed by atoms with Gasteiger partial charge in [-0.1, -0.05) is 37.0 Å². The summed E-state index contributed by atoms with van der Waals surface area (Å²) in [6.07, 6.45) is 6.29. The fraction of sp³-hybridized carbons (Fsp3) is 0.455. The Bertz CT molecular complexity index is 1120. The van der Waals surface area contributed by atoms with Crippen LogP contribution in [0.25, 0.3) is 11.7 Å². The molecule has 2 atom stereocenters. The normalized spacial score (nSPS) is 21.5. The third-order valence-corrected chi connectivity index (χ3v) is 6.99. The molecule has 4 rings (SSSR count). The summed E-state index contributed by atoms with van der Waals surface area (Å²) in [5.41, 5.74) is 1.63. The van der Waals surface area contributed by atoms with E-state index in [1.54, 1.807) is 17.2 Å². The maximum atomic E-state index is 13.4. The molecule has 31 heavy (non-hydrogen) atoms. The summed E-state index contributed by atoms with van der Waals surface area (Å²) in [7, 11) is 0. The molecule has 2 fully saturated rings. The summed E-state index contributed by atoms with van der Waals surface area (Å²) < 4.78 is 7.73. The number of nitrogens with one attached hydrogen (secondary N) is 1. The number of rotatable bonds is 6. The van der Waals surface area contributed by atoms with E-state index in [1.807, 2.05) is 32.9 Å². The summed E-state index contributed by atoms with van der Waals surface area (Å²) >= 11 is 6.66. The predicted octanol–water partition coefficient (Wildman–Crippen LogP) is 3.59. The van der Waals surface area contributed by atoms with Crippen LogP contribution < -0.4 is 10.9 Å². The molecule has 164 valence electrons. The van der Waals surface area contributed by atoms with E-state index in [0.717, 1.165) is 31.4 Å². The average molecular weight is 459 g/mol. The van der Waals surface area contributed by atoms with Crippen LogP contribution in [0.5, 0.6) is 0 Å². The van der Waals surface area contributed by atoms with Crippen molar-refractivity contribution in [3.05, 3.63) is 44.7 Å². The number of anilines is 1. The zero-order valence-corrected chi connectivity index (χ0v) is 19.5. The largest absolute Gasteiger partial charge is 0.376 e. The third-order valence-electron chi connectivity index (χ3n) is 5.66. The number of hydrogen-bond donors (Lipinski definition) is 1. The first-order chi connectivity index (χ1) is 14.9. The lowest BCUT2D eigenvalue weighted by molar-refractivity contribution is -0.123. The first kappa shape index (κ1) is 22.0. The molecular formula is C22H26N4O3S2. The summed E-state index contributed by atoms with van der Waals surface area (Å²) in [4.78, 5) is 33.1. The zero-order chi connectivity index (χ0) is 22.1. The van der Waals surface area contributed by atoms with E-state index in [1.165, 1.54) is 16.2 Å². The predicted molar refractivity (Wildman–Crippen MR) is 128 cm³/mol. The molecule has 1 amide bonds. The first-order valence-electron chi connectivity index (χ1n) is 10.5. The topological polar surface area (TPSA) is 75.9 Å². The van der Waals surface area contributed by atoms with Crippen molar-refractivity contribution in [2.45, 2.75) is 52.2 Å². The standard InChI is InChI=1S/C22H26N4O3S2/c1-4-14(3)26-21(28)17(31-22(26)30)10-16-19(23-11-15-6-5-9-29-15)24-18-8-7-13(2)12-25(18)20(16)27/h7-8,10,12,14-15,23H,4-6,9,11H2,1-3H3. The van der Waals surface area contributed by atoms with E-state index < -0.39 is 0 Å². The zero-order valence-electron chi connectivity index (χ0n) is 17.9. The van der Waals surface area contributed by atoms with Gasteiger partial charge in [0.2, 0.25) is 0 Å². The molecule has 9 heteroatoms. The highest BCUT2D eigenvalue weighted by molar-refractivity contribution is 8.26. The van der Waals surface area contributed by atoms with Gasteiger partial charge >= 0.3 is 0 Å². The Morgan fingerprint density at radius 3 is 2.94 bits per heavy atom. The number of thiocarbonyl (C=S) groups is 1. The molecule has 2 aromatic rings. The number of aryl methyl sites for hydroxylation is 1. The average Bonchev–Trinajstić information content (AvgIpc) is 3.36. The van der Waals surface area contributed by atoms with Crippen molar-refractivity contribution >= 4 is 51.7 Å². The molecule has 2 aliphatic rings. The van der Waals surface area contributed by atoms with Crippen LogP contribution in [0.1, 0.15) is 44.2 Å². The number of ether oxygens (including phenoxy) is 1. The van der Waals surface area contributed by atoms with E-state index in [0.29, 0.717) is 32.8 Å². The lowest BCUT2D eigenvalue weighted by Gasteiger charge is -2.21. The molecule has 1 N–H and O–H groups in total. The van der Waals surface area contributed by atoms with Crippen molar-refractivity contribution in [2.24, 2.45) is 0 Å². The van der Waals surface area contributed by atoms with Gasteiger partial charge in [0.15, 0.2) is 0 Å². The second-order valence-corrected chi connectivity index (χ2v) is 9.61. The summed E-state index contributed by atoms with van der Waals surface area (Å²) in [6.45, 7) is 7.22. The van der Waals surface area contributed by atoms with Gasteiger partial charge in [-0.15, -0.1) is 0 Å². The Morgan fingerprint density at radius 1 is 1.42 bits per heavy atom. The van der Waals surface area contributed by atoms with Gasteiger partial charge in [-0.3, -0.25) is 18.9 Å². The van der Waals surface area contributed by atoms with Crippen LogP contribution in [0.4, 0.5) is 5.82 Å². The van der Waals surface area contributed by atoms with E-state index in [9.17, 15) is 9.59 Å². The molecule has 0 spiro atoms. The molecule has 0 saturated carbocycles. The minimum absolute atomic E-state index is 0.00832. The highest BCUT2D eigenvalue weighted by atomic mass is 32.2. The van der Waals surface area contributed by atoms with Crippen LogP contribution in [0.3, 0.4) is 0 Å². The van der Waals surface area contributed by atoms with Gasteiger partial charge in [0.1, 0.15) is 15.8 Å². The number of aromatic nitrogens is 2. The Kier molecular flexibility index (Phi) is 6.45. The molecule has 2 aromatic heterocycles. The second-order valence-electron chi connectivity index (χ2n) is 7.94. The molecule has 4 heterocycles. The van der Waals surface area contributed by atoms with Crippen molar-refractivity contribution in [2.75, 3.05) is 18.5 Å². The SMILES string of the molecule is CCC(C)N1C(=O)C(=Cc2c(NCC3CCCO3)nc3ccc(C)cn3c2=O)SC1=S. The Morgan fingerprint density at radius 2 is 2.23 bits per heavy atom. The molecular weight excluding hydrogens is 432 g/mol. The molecule has 2 unspecified atom stereocenters. The molecule has 0 bridgehead atoms. The number of fused-ring (bicyclic) bond motifs is 1. The van der Waals surface area contributed by atoms with E-state index in [4.69, 9.17) is 17.0 Å². The van der Waals surface area contributed by atoms with E-state index in [2.05, 4.69) is 10.3 Å². The minimum Gasteiger partial charge on any atom is -0.376 e. The highest BCUT2D eigenvalue weighted by Gasteiger charge is 2.35. The van der Waals surface area contributed by atoms with Crippen molar-refractivity contribution in [1.82, 2.24) is 14.3 Å². The van der Waals surface area contributed by atoms with Crippen molar-refractivity contribution in [3.63, 3.8) is 0 Å². The van der Waals surface area contributed by atoms with Crippen LogP contribution in [0.15, 0.2) is 28.0 Å². The van der Waals surface area contributed by atoms with Gasteiger partial charge < -0.3 is 10.1 Å². The Hall–Kier alpha value is -2.23. The Balaban J connectivity index is 1.77. The first-order valence-corrected chi connectivity index (χ1v) is 11.8. The smallest absolute Gasteiger partial charge is 0.267 e. The summed E-state index contributed by atoms with van der Waals surface area (Å²) in [6, 6.07) is 3.75. The maximum Gasteiger partial charge on any atom is 0.267 e. The molecule has 2 aliphatic heterocycles. The molecule has 0 radical (unpaired) electrons. The summed E-state index contributed by atoms with van der Waals surface area (Å²) in [5, 5.41) is 3.29. The van der Waals surface area contributed by atoms with Crippen LogP contribution in [0.2, 0.25) is 0 Å². The Labute approximate surface area is 190 Å². The van der Waals surface area contributed by atoms with E-state index >= 15 is 0 Å². The number of nitrogens with zero attached hydrogens (tertiary/aromatic N) is 3. The number of carbonyl (C=O) groups is 1. The third kappa shape index (κ3) is 4.40. The number of carbonyl (C=O) groups excluding carboxylic acids is 1. The fourth-order valence-corrected chi connectivity index (χ4v) is 5.16. The maximum absolute atomic E-state index is 13.4. The fourth-order valence-electron chi connectivity index (χ4n) is 3.71. The molecule has 0 aromatic carbocycles. The van der Waals surface area contributed by atoms with Gasteiger partial charge in [0.05, 0.1) is 16.6 Å². The van der Waals surface area contributed by atoms with Crippen LogP contribution in [-0.4, -0.2) is 49.8 Å². The van der Waals surface area contributed by atoms with Crippen molar-refractivity contribution in [3.8, 4) is 0 Å². The van der Waals surface area contributed by atoms with Gasteiger partial charge in [-0.25, -0.2) is 4.98 Å². The van der Waals surface area contributed by atoms with Crippen LogP contribution >= 0.6 is 24.0 Å². The number of amides is 1. The van der Waals surface area contributed by atoms with Crippen molar-refractivity contribution < 1.29 is 9.53 Å². The quantitative estimate of drug-likeness (QED) is 0.524. The monoisotopic (exact) mass is 458 g/mol. The number of thioether (sulfide) groups is 1. The molecule has 2 saturated heterocycles. The lowest BCUT2D eigenvalue weighted by atomic mass is 10.2. The summed E-state index contributed by atoms with van der Waals surface area (Å²) in [5.74, 6) is 0.293. The second kappa shape index (κ2) is 9.10. The lowest BCUT2D eigenvalue weighted by Crippen LogP contribution is -2.36. The minimum atomic E-state index is -0.225. The van der Waals surface area contributed by atoms with Gasteiger partial charge in [0, 0.05) is 25.4 Å². The molecule has 0 aliphatic carbocycles. The highest BCUT2D eigenvalue weighted by Crippen LogP contribution is 2.34. The number of pyridine rings is 1. The van der Waals surface area contributed by atoms with E-state index in [-0.39, 0.29) is 23.6 Å².